The summed E-state index contributed by atoms with van der Waals surface area (Å²) in [6, 6.07) is 0.575. The van der Waals surface area contributed by atoms with E-state index in [2.05, 4.69) is 0 Å². The van der Waals surface area contributed by atoms with Crippen molar-refractivity contribution in [2.75, 3.05) is 39.7 Å². The van der Waals surface area contributed by atoms with E-state index in [0.29, 0.717) is 16.8 Å². The van der Waals surface area contributed by atoms with Crippen LogP contribution >= 0.6 is 0 Å². The molecule has 0 spiro atoms. The first-order valence-corrected chi connectivity index (χ1v) is 13.9. The Hall–Kier alpha value is -3.90. The fourth-order valence-electron chi connectivity index (χ4n) is 6.50. The summed E-state index contributed by atoms with van der Waals surface area (Å²) in [6.07, 6.45) is 0.247. The molecule has 0 bridgehead atoms. The Morgan fingerprint density at radius 2 is 1.79 bits per heavy atom. The van der Waals surface area contributed by atoms with Crippen LogP contribution in [0, 0.1) is 17.8 Å². The van der Waals surface area contributed by atoms with E-state index >= 15 is 0 Å². The number of phenolic OH excluding ortho intramolecular Hbond substituents is 1. The highest BCUT2D eigenvalue weighted by Crippen LogP contribution is 2.54. The summed E-state index contributed by atoms with van der Waals surface area (Å²) >= 11 is 0. The Bertz CT molecular complexity index is 1430. The second-order valence-electron chi connectivity index (χ2n) is 12.2. The van der Waals surface area contributed by atoms with Gasteiger partial charge in [0.25, 0.3) is 5.91 Å². The molecule has 4 rings (SSSR count). The van der Waals surface area contributed by atoms with Gasteiger partial charge in [-0.1, -0.05) is 13.8 Å². The fraction of sp³-hybridized carbons (Fsp3) is 0.533. The second kappa shape index (κ2) is 11.1. The van der Waals surface area contributed by atoms with Gasteiger partial charge in [-0.25, -0.2) is 0 Å². The van der Waals surface area contributed by atoms with E-state index in [1.165, 1.54) is 4.90 Å². The standard InChI is InChI=1S/C30H39N3O9/c1-13(2)12-42-19(34)8-7-14-11-18(32(3)4)16-9-15-10-17-23(33(5)6)26(37)22(29(31)40)28(39)30(17,41)27(38)20(15)25(36)21(16)24(14)35/h11,13,15,17,23,35-36,39,41H,7-10,12H2,1-6H3,(H2,31,40)/t15-,17-,23-,30+/m1/s1. The minimum atomic E-state index is -2.71. The summed E-state index contributed by atoms with van der Waals surface area (Å²) < 4.78 is 5.24. The maximum absolute atomic E-state index is 14.0. The van der Waals surface area contributed by atoms with Crippen molar-refractivity contribution < 1.29 is 44.3 Å². The molecule has 6 N–H and O–H groups in total. The molecule has 228 valence electrons. The summed E-state index contributed by atoms with van der Waals surface area (Å²) in [7, 11) is 6.67. The molecule has 1 amide bonds. The molecule has 0 aromatic heterocycles. The third kappa shape index (κ3) is 4.82. The van der Waals surface area contributed by atoms with Gasteiger partial charge in [0.2, 0.25) is 5.78 Å². The van der Waals surface area contributed by atoms with Crippen LogP contribution in [0.1, 0.15) is 43.4 Å². The van der Waals surface area contributed by atoms with Crippen LogP contribution in [0.3, 0.4) is 0 Å². The van der Waals surface area contributed by atoms with Crippen LogP contribution in [0.25, 0.3) is 5.76 Å². The molecular formula is C30H39N3O9. The zero-order valence-electron chi connectivity index (χ0n) is 24.7. The average Bonchev–Trinajstić information content (AvgIpc) is 2.88. The number of carbonyl (C=O) groups is 4. The summed E-state index contributed by atoms with van der Waals surface area (Å²) in [5.41, 5.74) is 3.11. The topological polar surface area (TPSA) is 191 Å². The summed E-state index contributed by atoms with van der Waals surface area (Å²) in [4.78, 5) is 55.0. The number of aryl methyl sites for hydroxylation is 1. The number of nitrogens with two attached hydrogens (primary N) is 1. The number of hydrogen-bond acceptors (Lipinski definition) is 11. The number of amides is 1. The highest BCUT2D eigenvalue weighted by Gasteiger charge is 2.64. The Morgan fingerprint density at radius 1 is 1.14 bits per heavy atom. The van der Waals surface area contributed by atoms with Crippen molar-refractivity contribution in [3.05, 3.63) is 39.7 Å². The number of esters is 1. The number of rotatable bonds is 8. The van der Waals surface area contributed by atoms with Crippen molar-refractivity contribution in [3.63, 3.8) is 0 Å². The number of ether oxygens (including phenoxy) is 1. The van der Waals surface area contributed by atoms with Crippen molar-refractivity contribution >= 4 is 34.9 Å². The number of primary amides is 1. The van der Waals surface area contributed by atoms with Gasteiger partial charge < -0.3 is 35.8 Å². The Labute approximate surface area is 244 Å². The van der Waals surface area contributed by atoms with Crippen LogP contribution in [0.2, 0.25) is 0 Å². The van der Waals surface area contributed by atoms with Crippen LogP contribution in [0.15, 0.2) is 23.0 Å². The Kier molecular flexibility index (Phi) is 8.18. The van der Waals surface area contributed by atoms with Gasteiger partial charge in [-0.2, -0.15) is 0 Å². The molecule has 0 aliphatic heterocycles. The number of aromatic hydroxyl groups is 1. The number of fused-ring (bicyclic) bond motifs is 3. The second-order valence-corrected chi connectivity index (χ2v) is 12.2. The predicted octanol–water partition coefficient (Wildman–Crippen LogP) is 1.16. The molecule has 42 heavy (non-hydrogen) atoms. The average molecular weight is 586 g/mol. The van der Waals surface area contributed by atoms with Crippen LogP contribution in [0.5, 0.6) is 5.75 Å². The number of hydrogen-bond donors (Lipinski definition) is 5. The van der Waals surface area contributed by atoms with Gasteiger partial charge in [0, 0.05) is 37.7 Å². The van der Waals surface area contributed by atoms with E-state index in [0.717, 1.165) is 0 Å². The minimum absolute atomic E-state index is 0.00281. The lowest BCUT2D eigenvalue weighted by Crippen LogP contribution is -2.65. The zero-order chi connectivity index (χ0) is 31.4. The van der Waals surface area contributed by atoms with Crippen LogP contribution in [-0.2, 0) is 36.8 Å². The Morgan fingerprint density at radius 3 is 2.33 bits per heavy atom. The van der Waals surface area contributed by atoms with Gasteiger partial charge in [0.05, 0.1) is 18.2 Å². The summed E-state index contributed by atoms with van der Waals surface area (Å²) in [5.74, 6) is -7.30. The Balaban J connectivity index is 1.86. The molecule has 0 saturated heterocycles. The molecule has 3 aliphatic carbocycles. The molecule has 0 unspecified atom stereocenters. The van der Waals surface area contributed by atoms with E-state index in [1.807, 2.05) is 13.8 Å². The largest absolute Gasteiger partial charge is 0.508 e. The summed E-state index contributed by atoms with van der Waals surface area (Å²) in [5, 5.41) is 45.7. The van der Waals surface area contributed by atoms with E-state index in [4.69, 9.17) is 10.5 Å². The smallest absolute Gasteiger partial charge is 0.306 e. The van der Waals surface area contributed by atoms with Crippen LogP contribution < -0.4 is 10.6 Å². The van der Waals surface area contributed by atoms with Gasteiger partial charge in [-0.3, -0.25) is 24.1 Å². The SMILES string of the molecule is CC(C)COC(=O)CCc1cc(N(C)C)c2c(c1O)C(O)=C1C(=O)[C@]3(O)C(O)=C(C(N)=O)C(=O)[C@H](N(C)C)[C@H]3C[C@H]1C2. The fourth-order valence-corrected chi connectivity index (χ4v) is 6.50. The van der Waals surface area contributed by atoms with Crippen molar-refractivity contribution in [2.24, 2.45) is 23.5 Å². The number of aliphatic hydroxyl groups is 3. The highest BCUT2D eigenvalue weighted by atomic mass is 16.5. The van der Waals surface area contributed by atoms with Gasteiger partial charge in [-0.15, -0.1) is 0 Å². The van der Waals surface area contributed by atoms with Gasteiger partial charge >= 0.3 is 5.97 Å². The molecule has 12 nitrogen and oxygen atoms in total. The highest BCUT2D eigenvalue weighted by molar-refractivity contribution is 6.24. The number of likely N-dealkylation sites (N-methyl/N-ethyl adjacent to an activating group) is 1. The van der Waals surface area contributed by atoms with Crippen molar-refractivity contribution in [3.8, 4) is 5.75 Å². The number of aliphatic hydroxyl groups excluding tert-OH is 2. The molecule has 1 aromatic carbocycles. The third-order valence-corrected chi connectivity index (χ3v) is 8.43. The number of phenols is 1. The lowest BCUT2D eigenvalue weighted by molar-refractivity contribution is -0.153. The maximum Gasteiger partial charge on any atom is 0.306 e. The lowest BCUT2D eigenvalue weighted by atomic mass is 9.57. The number of Topliss-reactive ketones (excluding diaryl/α,β-unsaturated/α-hetero) is 2. The van der Waals surface area contributed by atoms with E-state index in [9.17, 15) is 39.6 Å². The van der Waals surface area contributed by atoms with Crippen LogP contribution in [0.4, 0.5) is 5.69 Å². The quantitative estimate of drug-likeness (QED) is 0.217. The zero-order valence-corrected chi connectivity index (χ0v) is 24.7. The normalized spacial score (nSPS) is 25.4. The minimum Gasteiger partial charge on any atom is -0.508 e. The first-order valence-electron chi connectivity index (χ1n) is 13.9. The van der Waals surface area contributed by atoms with Crippen molar-refractivity contribution in [1.82, 2.24) is 4.90 Å². The third-order valence-electron chi connectivity index (χ3n) is 8.43. The van der Waals surface area contributed by atoms with E-state index in [1.54, 1.807) is 39.2 Å². The van der Waals surface area contributed by atoms with Gasteiger partial charge in [-0.05, 0) is 62.4 Å². The van der Waals surface area contributed by atoms with Crippen molar-refractivity contribution in [1.29, 1.82) is 0 Å². The number of benzene rings is 1. The molecule has 1 saturated carbocycles. The molecule has 1 aromatic rings. The summed E-state index contributed by atoms with van der Waals surface area (Å²) in [6.45, 7) is 4.09. The van der Waals surface area contributed by atoms with E-state index in [-0.39, 0.29) is 55.1 Å². The number of ketones is 2. The first-order chi connectivity index (χ1) is 19.5. The molecule has 0 radical (unpaired) electrons. The lowest BCUT2D eigenvalue weighted by Gasteiger charge is -2.50. The monoisotopic (exact) mass is 585 g/mol. The number of nitrogens with zero attached hydrogens (tertiary/aromatic N) is 2. The molecule has 3 aliphatic rings. The van der Waals surface area contributed by atoms with Gasteiger partial charge in [0.15, 0.2) is 11.4 Å². The maximum atomic E-state index is 14.0. The molecule has 1 fully saturated rings. The van der Waals surface area contributed by atoms with Crippen LogP contribution in [-0.4, -0.2) is 95.2 Å². The van der Waals surface area contributed by atoms with E-state index < -0.39 is 64.0 Å². The molecule has 4 atom stereocenters. The predicted molar refractivity (Wildman–Crippen MR) is 153 cm³/mol. The molecule has 12 heteroatoms. The van der Waals surface area contributed by atoms with Gasteiger partial charge in [0.1, 0.15) is 22.8 Å². The molecular weight excluding hydrogens is 546 g/mol. The number of anilines is 1. The van der Waals surface area contributed by atoms with Crippen molar-refractivity contribution in [2.45, 2.75) is 51.2 Å². The number of carbonyl (C=O) groups excluding carboxylic acids is 4. The first kappa shape index (κ1) is 31.0. The molecule has 0 heterocycles.